The van der Waals surface area contributed by atoms with Crippen molar-refractivity contribution in [1.29, 1.82) is 0 Å². The van der Waals surface area contributed by atoms with E-state index in [1.165, 1.54) is 5.56 Å². The zero-order valence-corrected chi connectivity index (χ0v) is 8.56. The number of aryl methyl sites for hydroxylation is 2. The summed E-state index contributed by atoms with van der Waals surface area (Å²) in [5.41, 5.74) is 8.41. The highest BCUT2D eigenvalue weighted by molar-refractivity contribution is 5.97. The Morgan fingerprint density at radius 1 is 1.31 bits per heavy atom. The molecule has 1 aliphatic carbocycles. The second kappa shape index (κ2) is 2.95. The predicted octanol–water partition coefficient (Wildman–Crippen LogP) is 2.43. The summed E-state index contributed by atoms with van der Waals surface area (Å²) in [5.74, 6) is 0. The highest BCUT2D eigenvalue weighted by Gasteiger charge is 2.23. The largest absolute Gasteiger partial charge is 0.393 e. The highest BCUT2D eigenvalue weighted by Crippen LogP contribution is 2.39. The van der Waals surface area contributed by atoms with Gasteiger partial charge in [-0.2, -0.15) is 0 Å². The molecule has 0 unspecified atom stereocenters. The molecular weight excluding hydrogens is 204 g/mol. The SMILES string of the molecule is Nc1c([N+](=O)[O-])cc2cccc3c2c1CC3. The van der Waals surface area contributed by atoms with Gasteiger partial charge >= 0.3 is 0 Å². The third kappa shape index (κ3) is 1.04. The summed E-state index contributed by atoms with van der Waals surface area (Å²) in [6.45, 7) is 0. The van der Waals surface area contributed by atoms with Gasteiger partial charge in [0.05, 0.1) is 4.92 Å². The fourth-order valence-electron chi connectivity index (χ4n) is 2.50. The maximum atomic E-state index is 10.9. The van der Waals surface area contributed by atoms with E-state index in [0.717, 1.165) is 29.2 Å². The van der Waals surface area contributed by atoms with Crippen molar-refractivity contribution < 1.29 is 4.92 Å². The summed E-state index contributed by atoms with van der Waals surface area (Å²) in [5, 5.41) is 12.9. The number of nitrogens with zero attached hydrogens (tertiary/aromatic N) is 1. The van der Waals surface area contributed by atoms with E-state index < -0.39 is 4.92 Å². The molecular formula is C12H10N2O2. The fourth-order valence-corrected chi connectivity index (χ4v) is 2.50. The maximum Gasteiger partial charge on any atom is 0.293 e. The van der Waals surface area contributed by atoms with Crippen LogP contribution < -0.4 is 5.73 Å². The third-order valence-electron chi connectivity index (χ3n) is 3.22. The standard InChI is InChI=1S/C12H10N2O2/c13-12-9-5-4-7-2-1-3-8(11(7)9)6-10(12)14(15)16/h1-3,6H,4-5,13H2. The Kier molecular flexibility index (Phi) is 1.68. The molecule has 0 aromatic heterocycles. The number of nitrogens with two attached hydrogens (primary N) is 1. The average Bonchev–Trinajstić information content (AvgIpc) is 2.68. The zero-order valence-electron chi connectivity index (χ0n) is 8.56. The van der Waals surface area contributed by atoms with Crippen molar-refractivity contribution in [3.8, 4) is 0 Å². The van der Waals surface area contributed by atoms with Gasteiger partial charge in [-0.15, -0.1) is 0 Å². The Balaban J connectivity index is 2.47. The lowest BCUT2D eigenvalue weighted by Crippen LogP contribution is -1.99. The van der Waals surface area contributed by atoms with Crippen molar-refractivity contribution in [2.24, 2.45) is 0 Å². The first kappa shape index (κ1) is 9.15. The van der Waals surface area contributed by atoms with Gasteiger partial charge in [-0.3, -0.25) is 10.1 Å². The quantitative estimate of drug-likeness (QED) is 0.450. The third-order valence-corrected chi connectivity index (χ3v) is 3.22. The van der Waals surface area contributed by atoms with Gasteiger partial charge in [-0.1, -0.05) is 18.2 Å². The minimum atomic E-state index is -0.406. The Bertz CT molecular complexity index is 620. The summed E-state index contributed by atoms with van der Waals surface area (Å²) in [7, 11) is 0. The van der Waals surface area contributed by atoms with Crippen LogP contribution in [0.15, 0.2) is 24.3 Å². The van der Waals surface area contributed by atoms with E-state index in [0.29, 0.717) is 5.69 Å². The normalized spacial score (nSPS) is 13.2. The molecule has 2 aromatic carbocycles. The first-order valence-corrected chi connectivity index (χ1v) is 5.16. The molecule has 1 aliphatic rings. The molecule has 0 amide bonds. The number of nitrogen functional groups attached to an aromatic ring is 1. The number of hydrogen-bond donors (Lipinski definition) is 1. The summed E-state index contributed by atoms with van der Waals surface area (Å²) in [6, 6.07) is 7.47. The van der Waals surface area contributed by atoms with Gasteiger partial charge in [0, 0.05) is 6.07 Å². The van der Waals surface area contributed by atoms with Crippen LogP contribution in [0.2, 0.25) is 0 Å². The van der Waals surface area contributed by atoms with E-state index in [2.05, 4.69) is 6.07 Å². The molecule has 0 fully saturated rings. The smallest absolute Gasteiger partial charge is 0.293 e. The molecule has 0 heterocycles. The van der Waals surface area contributed by atoms with Crippen LogP contribution in [0.4, 0.5) is 11.4 Å². The Morgan fingerprint density at radius 2 is 2.12 bits per heavy atom. The minimum Gasteiger partial charge on any atom is -0.393 e. The molecule has 0 bridgehead atoms. The van der Waals surface area contributed by atoms with Crippen LogP contribution in [0.1, 0.15) is 11.1 Å². The van der Waals surface area contributed by atoms with E-state index >= 15 is 0 Å². The van der Waals surface area contributed by atoms with Gasteiger partial charge in [0.15, 0.2) is 0 Å². The minimum absolute atomic E-state index is 0.0292. The molecule has 0 radical (unpaired) electrons. The average molecular weight is 214 g/mol. The lowest BCUT2D eigenvalue weighted by atomic mass is 10.0. The van der Waals surface area contributed by atoms with Crippen molar-refractivity contribution in [2.75, 3.05) is 5.73 Å². The summed E-state index contributed by atoms with van der Waals surface area (Å²) >= 11 is 0. The number of nitro benzene ring substituents is 1. The fraction of sp³-hybridized carbons (Fsp3) is 0.167. The Hall–Kier alpha value is -2.10. The highest BCUT2D eigenvalue weighted by atomic mass is 16.6. The molecule has 3 rings (SSSR count). The first-order valence-electron chi connectivity index (χ1n) is 5.16. The summed E-state index contributed by atoms with van der Waals surface area (Å²) in [4.78, 5) is 10.5. The van der Waals surface area contributed by atoms with Gasteiger partial charge in [-0.25, -0.2) is 0 Å². The lowest BCUT2D eigenvalue weighted by Gasteiger charge is -2.05. The molecule has 16 heavy (non-hydrogen) atoms. The van der Waals surface area contributed by atoms with E-state index in [4.69, 9.17) is 5.73 Å². The van der Waals surface area contributed by atoms with Gasteiger partial charge in [0.25, 0.3) is 5.69 Å². The van der Waals surface area contributed by atoms with Crippen LogP contribution in [0, 0.1) is 10.1 Å². The van der Waals surface area contributed by atoms with Crippen LogP contribution in [0.5, 0.6) is 0 Å². The number of hydrogen-bond acceptors (Lipinski definition) is 3. The molecule has 4 nitrogen and oxygen atoms in total. The van der Waals surface area contributed by atoms with Crippen LogP contribution in [-0.2, 0) is 12.8 Å². The van der Waals surface area contributed by atoms with Gasteiger partial charge in [-0.05, 0) is 34.7 Å². The molecule has 0 spiro atoms. The second-order valence-electron chi connectivity index (χ2n) is 4.06. The Labute approximate surface area is 91.8 Å². The molecule has 2 aromatic rings. The second-order valence-corrected chi connectivity index (χ2v) is 4.06. The zero-order chi connectivity index (χ0) is 11.3. The van der Waals surface area contributed by atoms with Crippen molar-refractivity contribution in [2.45, 2.75) is 12.8 Å². The van der Waals surface area contributed by atoms with Crippen LogP contribution in [0.25, 0.3) is 10.8 Å². The number of nitro groups is 1. The Morgan fingerprint density at radius 3 is 2.88 bits per heavy atom. The molecule has 0 aliphatic heterocycles. The van der Waals surface area contributed by atoms with E-state index in [-0.39, 0.29) is 5.69 Å². The monoisotopic (exact) mass is 214 g/mol. The predicted molar refractivity (Wildman–Crippen MR) is 62.4 cm³/mol. The molecule has 0 atom stereocenters. The van der Waals surface area contributed by atoms with Crippen LogP contribution >= 0.6 is 0 Å². The van der Waals surface area contributed by atoms with Gasteiger partial charge < -0.3 is 5.73 Å². The number of anilines is 1. The molecule has 2 N–H and O–H groups in total. The van der Waals surface area contributed by atoms with Crippen molar-refractivity contribution in [1.82, 2.24) is 0 Å². The summed E-state index contributed by atoms with van der Waals surface area (Å²) < 4.78 is 0. The van der Waals surface area contributed by atoms with Crippen molar-refractivity contribution in [3.05, 3.63) is 45.5 Å². The van der Waals surface area contributed by atoms with E-state index in [1.54, 1.807) is 6.07 Å². The van der Waals surface area contributed by atoms with E-state index in [9.17, 15) is 10.1 Å². The molecule has 4 heteroatoms. The summed E-state index contributed by atoms with van der Waals surface area (Å²) in [6.07, 6.45) is 1.74. The van der Waals surface area contributed by atoms with Gasteiger partial charge in [0.2, 0.25) is 0 Å². The topological polar surface area (TPSA) is 69.2 Å². The lowest BCUT2D eigenvalue weighted by molar-refractivity contribution is -0.383. The molecule has 0 saturated carbocycles. The molecule has 80 valence electrons. The maximum absolute atomic E-state index is 10.9. The number of rotatable bonds is 1. The van der Waals surface area contributed by atoms with Crippen LogP contribution in [-0.4, -0.2) is 4.92 Å². The van der Waals surface area contributed by atoms with Crippen molar-refractivity contribution in [3.63, 3.8) is 0 Å². The molecule has 0 saturated heterocycles. The van der Waals surface area contributed by atoms with Crippen LogP contribution in [0.3, 0.4) is 0 Å². The van der Waals surface area contributed by atoms with E-state index in [1.807, 2.05) is 12.1 Å². The first-order chi connectivity index (χ1) is 7.68. The van der Waals surface area contributed by atoms with Crippen molar-refractivity contribution >= 4 is 22.1 Å². The number of benzene rings is 2. The van der Waals surface area contributed by atoms with Gasteiger partial charge in [0.1, 0.15) is 5.69 Å².